The molecule has 25 heavy (non-hydrogen) atoms. The fourth-order valence-electron chi connectivity index (χ4n) is 4.43. The van der Waals surface area contributed by atoms with Crippen molar-refractivity contribution in [2.24, 2.45) is 0 Å². The second kappa shape index (κ2) is 6.40. The first-order chi connectivity index (χ1) is 12.0. The van der Waals surface area contributed by atoms with Gasteiger partial charge in [-0.1, -0.05) is 30.3 Å². The molecule has 3 aliphatic rings. The van der Waals surface area contributed by atoms with E-state index in [1.165, 1.54) is 5.56 Å². The average Bonchev–Trinajstić information content (AvgIpc) is 3.08. The topological polar surface area (TPSA) is 66.5 Å². The summed E-state index contributed by atoms with van der Waals surface area (Å²) >= 11 is 0. The van der Waals surface area contributed by atoms with Crippen LogP contribution in [0.1, 0.15) is 37.7 Å². The normalized spacial score (nSPS) is 30.2. The number of benzene rings is 1. The van der Waals surface area contributed by atoms with Crippen LogP contribution in [0.2, 0.25) is 0 Å². The van der Waals surface area contributed by atoms with Gasteiger partial charge in [-0.25, -0.2) is 8.42 Å². The summed E-state index contributed by atoms with van der Waals surface area (Å²) < 4.78 is 23.5. The Morgan fingerprint density at radius 3 is 2.60 bits per heavy atom. The molecule has 0 bridgehead atoms. The molecule has 1 aliphatic carbocycles. The van der Waals surface area contributed by atoms with E-state index in [4.69, 9.17) is 0 Å². The Labute approximate surface area is 149 Å². The first-order valence-electron chi connectivity index (χ1n) is 9.29. The Bertz CT molecular complexity index is 743. The number of amides is 1. The molecular formula is C19H26N2O3S. The van der Waals surface area contributed by atoms with Crippen LogP contribution in [0.5, 0.6) is 0 Å². The van der Waals surface area contributed by atoms with Gasteiger partial charge in [0.05, 0.1) is 17.5 Å². The van der Waals surface area contributed by atoms with E-state index >= 15 is 0 Å². The molecule has 1 saturated carbocycles. The van der Waals surface area contributed by atoms with Gasteiger partial charge >= 0.3 is 0 Å². The molecule has 0 unspecified atom stereocenters. The molecule has 0 spiro atoms. The van der Waals surface area contributed by atoms with Crippen LogP contribution in [0.4, 0.5) is 0 Å². The molecule has 136 valence electrons. The SMILES string of the molecule is O=C(NCC1(c2ccccc2)CC1)[C@H]1CCCN1[C@@H]1CCS(=O)(=O)C1. The Hall–Kier alpha value is -1.40. The van der Waals surface area contributed by atoms with Crippen LogP contribution in [0.25, 0.3) is 0 Å². The van der Waals surface area contributed by atoms with E-state index in [9.17, 15) is 13.2 Å². The minimum Gasteiger partial charge on any atom is -0.354 e. The molecule has 2 saturated heterocycles. The van der Waals surface area contributed by atoms with Gasteiger partial charge in [0.1, 0.15) is 0 Å². The number of carbonyl (C=O) groups is 1. The molecule has 6 heteroatoms. The van der Waals surface area contributed by atoms with Crippen LogP contribution in [0, 0.1) is 0 Å². The Morgan fingerprint density at radius 1 is 1.20 bits per heavy atom. The van der Waals surface area contributed by atoms with Gasteiger partial charge in [0.15, 0.2) is 9.84 Å². The standard InChI is InChI=1S/C19H26N2O3S/c22-18(20-14-19(9-10-19)15-5-2-1-3-6-15)17-7-4-11-21(17)16-8-12-25(23,24)13-16/h1-3,5-6,16-17H,4,7-14H2,(H,20,22)/t16-,17-/m1/s1. The maximum Gasteiger partial charge on any atom is 0.237 e. The van der Waals surface area contributed by atoms with Crippen molar-refractivity contribution < 1.29 is 13.2 Å². The van der Waals surface area contributed by atoms with Crippen molar-refractivity contribution in [1.29, 1.82) is 0 Å². The molecule has 2 atom stereocenters. The maximum atomic E-state index is 12.8. The van der Waals surface area contributed by atoms with Crippen LogP contribution in [-0.2, 0) is 20.0 Å². The molecule has 1 aromatic rings. The van der Waals surface area contributed by atoms with Gasteiger partial charge in [0, 0.05) is 18.0 Å². The third-order valence-electron chi connectivity index (χ3n) is 6.11. The first-order valence-corrected chi connectivity index (χ1v) is 11.1. The first kappa shape index (κ1) is 17.0. The molecule has 0 aromatic heterocycles. The molecule has 1 aromatic carbocycles. The molecule has 1 amide bonds. The van der Waals surface area contributed by atoms with Gasteiger partial charge < -0.3 is 5.32 Å². The van der Waals surface area contributed by atoms with Crippen LogP contribution in [-0.4, -0.2) is 55.9 Å². The molecular weight excluding hydrogens is 336 g/mol. The number of hydrogen-bond donors (Lipinski definition) is 1. The van der Waals surface area contributed by atoms with E-state index in [1.807, 2.05) is 6.07 Å². The summed E-state index contributed by atoms with van der Waals surface area (Å²) in [7, 11) is -2.92. The fraction of sp³-hybridized carbons (Fsp3) is 0.632. The van der Waals surface area contributed by atoms with Gasteiger partial charge in [0.2, 0.25) is 5.91 Å². The van der Waals surface area contributed by atoms with E-state index in [1.54, 1.807) is 0 Å². The molecule has 4 rings (SSSR count). The van der Waals surface area contributed by atoms with Gasteiger partial charge in [-0.15, -0.1) is 0 Å². The molecule has 2 heterocycles. The summed E-state index contributed by atoms with van der Waals surface area (Å²) in [4.78, 5) is 14.9. The lowest BCUT2D eigenvalue weighted by atomic mass is 9.96. The minimum atomic E-state index is -2.92. The van der Waals surface area contributed by atoms with Gasteiger partial charge in [-0.3, -0.25) is 9.69 Å². The zero-order chi connectivity index (χ0) is 17.5. The number of carbonyl (C=O) groups excluding carboxylic acids is 1. The van der Waals surface area contributed by atoms with Crippen LogP contribution >= 0.6 is 0 Å². The summed E-state index contributed by atoms with van der Waals surface area (Å²) in [5.74, 6) is 0.550. The van der Waals surface area contributed by atoms with Gasteiger partial charge in [-0.2, -0.15) is 0 Å². The number of likely N-dealkylation sites (tertiary alicyclic amines) is 1. The zero-order valence-corrected chi connectivity index (χ0v) is 15.3. The van der Waals surface area contributed by atoms with Crippen LogP contribution < -0.4 is 5.32 Å². The highest BCUT2D eigenvalue weighted by molar-refractivity contribution is 7.91. The summed E-state index contributed by atoms with van der Waals surface area (Å²) in [5, 5.41) is 3.17. The quantitative estimate of drug-likeness (QED) is 0.862. The largest absolute Gasteiger partial charge is 0.354 e. The fourth-order valence-corrected chi connectivity index (χ4v) is 6.17. The van der Waals surface area contributed by atoms with Crippen molar-refractivity contribution in [3.8, 4) is 0 Å². The van der Waals surface area contributed by atoms with Crippen molar-refractivity contribution in [2.45, 2.75) is 49.6 Å². The molecule has 2 aliphatic heterocycles. The smallest absolute Gasteiger partial charge is 0.237 e. The van der Waals surface area contributed by atoms with E-state index in [0.717, 1.165) is 32.2 Å². The van der Waals surface area contributed by atoms with Crippen molar-refractivity contribution in [3.63, 3.8) is 0 Å². The molecule has 3 fully saturated rings. The second-order valence-electron chi connectivity index (χ2n) is 7.82. The highest BCUT2D eigenvalue weighted by Crippen LogP contribution is 2.47. The van der Waals surface area contributed by atoms with Crippen molar-refractivity contribution >= 4 is 15.7 Å². The number of sulfone groups is 1. The van der Waals surface area contributed by atoms with E-state index in [-0.39, 0.29) is 34.9 Å². The van der Waals surface area contributed by atoms with Gasteiger partial charge in [0.25, 0.3) is 0 Å². The van der Waals surface area contributed by atoms with Crippen molar-refractivity contribution in [1.82, 2.24) is 10.2 Å². The number of nitrogens with zero attached hydrogens (tertiary/aromatic N) is 1. The lowest BCUT2D eigenvalue weighted by Gasteiger charge is -2.29. The number of nitrogens with one attached hydrogen (secondary N) is 1. The van der Waals surface area contributed by atoms with Crippen molar-refractivity contribution in [2.75, 3.05) is 24.6 Å². The average molecular weight is 362 g/mol. The Kier molecular flexibility index (Phi) is 4.36. The Morgan fingerprint density at radius 2 is 1.96 bits per heavy atom. The molecule has 0 radical (unpaired) electrons. The predicted molar refractivity (Wildman–Crippen MR) is 97.2 cm³/mol. The third kappa shape index (κ3) is 3.47. The number of hydrogen-bond acceptors (Lipinski definition) is 4. The highest BCUT2D eigenvalue weighted by Gasteiger charge is 2.45. The van der Waals surface area contributed by atoms with E-state index < -0.39 is 9.84 Å². The predicted octanol–water partition coefficient (Wildman–Crippen LogP) is 1.49. The second-order valence-corrected chi connectivity index (χ2v) is 10.0. The summed E-state index contributed by atoms with van der Waals surface area (Å²) in [6, 6.07) is 10.3. The third-order valence-corrected chi connectivity index (χ3v) is 7.87. The van der Waals surface area contributed by atoms with E-state index in [2.05, 4.69) is 34.5 Å². The maximum absolute atomic E-state index is 12.8. The summed E-state index contributed by atoms with van der Waals surface area (Å²) in [5.41, 5.74) is 1.41. The summed E-state index contributed by atoms with van der Waals surface area (Å²) in [6.45, 7) is 1.52. The highest BCUT2D eigenvalue weighted by atomic mass is 32.2. The lowest BCUT2D eigenvalue weighted by Crippen LogP contribution is -2.49. The zero-order valence-electron chi connectivity index (χ0n) is 14.5. The Balaban J connectivity index is 1.38. The monoisotopic (exact) mass is 362 g/mol. The van der Waals surface area contributed by atoms with E-state index in [0.29, 0.717) is 13.0 Å². The molecule has 5 nitrogen and oxygen atoms in total. The summed E-state index contributed by atoms with van der Waals surface area (Å²) in [6.07, 6.45) is 4.71. The van der Waals surface area contributed by atoms with Crippen LogP contribution in [0.15, 0.2) is 30.3 Å². The lowest BCUT2D eigenvalue weighted by molar-refractivity contribution is -0.126. The van der Waals surface area contributed by atoms with Crippen molar-refractivity contribution in [3.05, 3.63) is 35.9 Å². The minimum absolute atomic E-state index is 0.0206. The van der Waals surface area contributed by atoms with Gasteiger partial charge in [-0.05, 0) is 44.2 Å². The van der Waals surface area contributed by atoms with Crippen LogP contribution in [0.3, 0.4) is 0 Å². The molecule has 1 N–H and O–H groups in total. The number of rotatable bonds is 5.